The van der Waals surface area contributed by atoms with E-state index < -0.39 is 0 Å². The summed E-state index contributed by atoms with van der Waals surface area (Å²) in [7, 11) is 0. The monoisotopic (exact) mass is 264 g/mol. The maximum absolute atomic E-state index is 5.84. The van der Waals surface area contributed by atoms with Gasteiger partial charge in [-0.25, -0.2) is 0 Å². The van der Waals surface area contributed by atoms with Crippen molar-refractivity contribution < 1.29 is 4.74 Å². The molecular formula is C14H24N4O. The first-order valence-corrected chi connectivity index (χ1v) is 7.14. The molecule has 0 aromatic carbocycles. The minimum atomic E-state index is 0.107. The molecule has 2 atom stereocenters. The Labute approximate surface area is 115 Å². The summed E-state index contributed by atoms with van der Waals surface area (Å²) in [4.78, 5) is 8.61. The van der Waals surface area contributed by atoms with Crippen LogP contribution in [0.4, 0.5) is 5.82 Å². The van der Waals surface area contributed by atoms with Gasteiger partial charge in [0.15, 0.2) is 0 Å². The summed E-state index contributed by atoms with van der Waals surface area (Å²) in [6, 6.07) is 0.405. The number of hydrogen-bond donors (Lipinski definition) is 2. The predicted octanol–water partition coefficient (Wildman–Crippen LogP) is 2.19. The molecule has 0 aliphatic heterocycles. The third-order valence-electron chi connectivity index (χ3n) is 3.51. The highest BCUT2D eigenvalue weighted by Crippen LogP contribution is 2.26. The van der Waals surface area contributed by atoms with Crippen LogP contribution in [0.5, 0.6) is 5.88 Å². The van der Waals surface area contributed by atoms with E-state index in [1.54, 1.807) is 12.4 Å². The zero-order chi connectivity index (χ0) is 13.7. The molecule has 5 nitrogen and oxygen atoms in total. The molecule has 1 aliphatic rings. The molecule has 0 radical (unpaired) electrons. The van der Waals surface area contributed by atoms with Crippen molar-refractivity contribution in [2.24, 2.45) is 11.7 Å². The van der Waals surface area contributed by atoms with E-state index in [1.165, 1.54) is 19.3 Å². The van der Waals surface area contributed by atoms with E-state index in [2.05, 4.69) is 15.3 Å². The number of nitrogens with zero attached hydrogens (tertiary/aromatic N) is 2. The van der Waals surface area contributed by atoms with Crippen LogP contribution in [0.25, 0.3) is 0 Å². The first-order valence-electron chi connectivity index (χ1n) is 7.14. The van der Waals surface area contributed by atoms with Crippen molar-refractivity contribution in [1.82, 2.24) is 9.97 Å². The lowest BCUT2D eigenvalue weighted by atomic mass is 9.84. The zero-order valence-electron chi connectivity index (χ0n) is 11.8. The summed E-state index contributed by atoms with van der Waals surface area (Å²) in [5.74, 6) is 1.88. The van der Waals surface area contributed by atoms with Crippen LogP contribution in [-0.2, 0) is 0 Å². The third kappa shape index (κ3) is 4.06. The highest BCUT2D eigenvalue weighted by atomic mass is 16.5. The smallest absolute Gasteiger partial charge is 0.234 e. The molecule has 106 valence electrons. The lowest BCUT2D eigenvalue weighted by Gasteiger charge is -2.31. The Morgan fingerprint density at radius 3 is 2.89 bits per heavy atom. The van der Waals surface area contributed by atoms with Gasteiger partial charge < -0.3 is 15.8 Å². The van der Waals surface area contributed by atoms with Crippen LogP contribution in [0.3, 0.4) is 0 Å². The Hall–Kier alpha value is -1.36. The highest BCUT2D eigenvalue weighted by Gasteiger charge is 2.24. The van der Waals surface area contributed by atoms with E-state index in [4.69, 9.17) is 10.5 Å². The average molecular weight is 264 g/mol. The summed E-state index contributed by atoms with van der Waals surface area (Å²) in [6.07, 6.45) is 8.38. The topological polar surface area (TPSA) is 73.1 Å². The zero-order valence-corrected chi connectivity index (χ0v) is 11.8. The quantitative estimate of drug-likeness (QED) is 0.853. The van der Waals surface area contributed by atoms with Crippen LogP contribution in [0.15, 0.2) is 12.4 Å². The van der Waals surface area contributed by atoms with Gasteiger partial charge in [-0.15, -0.1) is 0 Å². The van der Waals surface area contributed by atoms with Crippen LogP contribution >= 0.6 is 0 Å². The summed E-state index contributed by atoms with van der Waals surface area (Å²) >= 11 is 0. The lowest BCUT2D eigenvalue weighted by molar-refractivity contribution is 0.231. The number of aromatic nitrogens is 2. The van der Waals surface area contributed by atoms with Crippen LogP contribution in [0, 0.1) is 5.92 Å². The van der Waals surface area contributed by atoms with E-state index in [0.29, 0.717) is 17.8 Å². The van der Waals surface area contributed by atoms with Gasteiger partial charge in [0, 0.05) is 6.04 Å². The highest BCUT2D eigenvalue weighted by molar-refractivity contribution is 5.35. The summed E-state index contributed by atoms with van der Waals surface area (Å²) in [6.45, 7) is 4.69. The third-order valence-corrected chi connectivity index (χ3v) is 3.51. The second-order valence-electron chi connectivity index (χ2n) is 5.44. The van der Waals surface area contributed by atoms with Crippen LogP contribution < -0.4 is 15.8 Å². The van der Waals surface area contributed by atoms with Gasteiger partial charge in [-0.3, -0.25) is 4.98 Å². The van der Waals surface area contributed by atoms with Gasteiger partial charge in [0.2, 0.25) is 5.88 Å². The molecule has 1 saturated carbocycles. The fraction of sp³-hybridized carbons (Fsp3) is 0.714. The van der Waals surface area contributed by atoms with Crippen molar-refractivity contribution in [2.45, 2.75) is 51.7 Å². The second-order valence-corrected chi connectivity index (χ2v) is 5.44. The Kier molecular flexibility index (Phi) is 4.96. The molecule has 2 rings (SSSR count). The van der Waals surface area contributed by atoms with Gasteiger partial charge in [-0.2, -0.15) is 4.98 Å². The molecule has 19 heavy (non-hydrogen) atoms. The SMILES string of the molecule is CC(C)Oc1cncc(NC2CCCCC2CN)n1. The number of ether oxygens (including phenoxy) is 1. The van der Waals surface area contributed by atoms with Crippen molar-refractivity contribution in [1.29, 1.82) is 0 Å². The van der Waals surface area contributed by atoms with Crippen molar-refractivity contribution in [3.63, 3.8) is 0 Å². The largest absolute Gasteiger partial charge is 0.474 e. The van der Waals surface area contributed by atoms with Gasteiger partial charge in [0.25, 0.3) is 0 Å². The molecule has 1 fully saturated rings. The molecule has 3 N–H and O–H groups in total. The minimum absolute atomic E-state index is 0.107. The Bertz CT molecular complexity index is 397. The molecule has 1 aromatic heterocycles. The van der Waals surface area contributed by atoms with Crippen molar-refractivity contribution in [3.05, 3.63) is 12.4 Å². The molecule has 0 saturated heterocycles. The number of nitrogens with one attached hydrogen (secondary N) is 1. The lowest BCUT2D eigenvalue weighted by Crippen LogP contribution is -2.37. The van der Waals surface area contributed by atoms with Crippen LogP contribution in [-0.4, -0.2) is 28.7 Å². The van der Waals surface area contributed by atoms with E-state index >= 15 is 0 Å². The Balaban J connectivity index is 2.01. The standard InChI is InChI=1S/C14H24N4O/c1-10(2)19-14-9-16-8-13(18-14)17-12-6-4-3-5-11(12)7-15/h8-12H,3-7,15H2,1-2H3,(H,17,18). The maximum atomic E-state index is 5.84. The van der Waals surface area contributed by atoms with E-state index in [1.807, 2.05) is 13.8 Å². The summed E-state index contributed by atoms with van der Waals surface area (Å²) in [5.41, 5.74) is 5.84. The maximum Gasteiger partial charge on any atom is 0.234 e. The van der Waals surface area contributed by atoms with Gasteiger partial charge in [0.05, 0.1) is 18.5 Å². The molecule has 1 aliphatic carbocycles. The van der Waals surface area contributed by atoms with Crippen molar-refractivity contribution >= 4 is 5.82 Å². The number of anilines is 1. The molecule has 0 amide bonds. The number of hydrogen-bond acceptors (Lipinski definition) is 5. The van der Waals surface area contributed by atoms with E-state index in [9.17, 15) is 0 Å². The molecule has 5 heteroatoms. The van der Waals surface area contributed by atoms with Crippen molar-refractivity contribution in [3.8, 4) is 5.88 Å². The van der Waals surface area contributed by atoms with Crippen molar-refractivity contribution in [2.75, 3.05) is 11.9 Å². The molecule has 2 unspecified atom stereocenters. The van der Waals surface area contributed by atoms with E-state index in [-0.39, 0.29) is 6.10 Å². The Morgan fingerprint density at radius 2 is 2.16 bits per heavy atom. The first-order chi connectivity index (χ1) is 9.19. The van der Waals surface area contributed by atoms with Gasteiger partial charge in [0.1, 0.15) is 5.82 Å². The van der Waals surface area contributed by atoms with Gasteiger partial charge in [-0.1, -0.05) is 12.8 Å². The molecule has 0 bridgehead atoms. The molecular weight excluding hydrogens is 240 g/mol. The van der Waals surface area contributed by atoms with Gasteiger partial charge >= 0.3 is 0 Å². The van der Waals surface area contributed by atoms with Crippen LogP contribution in [0.2, 0.25) is 0 Å². The predicted molar refractivity (Wildman–Crippen MR) is 76.2 cm³/mol. The fourth-order valence-corrected chi connectivity index (χ4v) is 2.59. The second kappa shape index (κ2) is 6.70. The molecule has 0 spiro atoms. The van der Waals surface area contributed by atoms with Crippen LogP contribution in [0.1, 0.15) is 39.5 Å². The Morgan fingerprint density at radius 1 is 1.37 bits per heavy atom. The fourth-order valence-electron chi connectivity index (χ4n) is 2.59. The molecule has 1 aromatic rings. The number of rotatable bonds is 5. The number of nitrogens with two attached hydrogens (primary N) is 1. The normalized spacial score (nSPS) is 23.4. The summed E-state index contributed by atoms with van der Waals surface area (Å²) < 4.78 is 5.56. The molecule has 1 heterocycles. The van der Waals surface area contributed by atoms with E-state index in [0.717, 1.165) is 18.8 Å². The summed E-state index contributed by atoms with van der Waals surface area (Å²) in [5, 5.41) is 3.46. The van der Waals surface area contributed by atoms with Gasteiger partial charge in [-0.05, 0) is 39.2 Å². The average Bonchev–Trinajstić information content (AvgIpc) is 2.39. The minimum Gasteiger partial charge on any atom is -0.474 e. The first kappa shape index (κ1) is 14.1.